The zero-order valence-electron chi connectivity index (χ0n) is 27.4. The molecule has 46 heavy (non-hydrogen) atoms. The molecular weight excluding hydrogens is 568 g/mol. The van der Waals surface area contributed by atoms with Gasteiger partial charge in [-0.15, -0.1) is 0 Å². The van der Waals surface area contributed by atoms with E-state index < -0.39 is 11.0 Å². The molecule has 0 radical (unpaired) electrons. The lowest BCUT2D eigenvalue weighted by molar-refractivity contribution is 0.0635. The summed E-state index contributed by atoms with van der Waals surface area (Å²) in [7, 11) is 0. The van der Waals surface area contributed by atoms with E-state index in [1.54, 1.807) is 0 Å². The zero-order chi connectivity index (χ0) is 32.0. The number of nitrogens with zero attached hydrogens (tertiary/aromatic N) is 2. The average molecular weight is 619 g/mol. The maximum atomic E-state index is 12.6. The molecule has 5 heteroatoms. The molecule has 0 amide bonds. The maximum Gasteiger partial charge on any atom is 0.138 e. The van der Waals surface area contributed by atoms with Crippen LogP contribution in [0, 0.1) is 0 Å². The van der Waals surface area contributed by atoms with Gasteiger partial charge in [0.2, 0.25) is 0 Å². The molecule has 4 aromatic rings. The van der Waals surface area contributed by atoms with E-state index in [9.17, 15) is 15.3 Å². The topological polar surface area (TPSA) is 67.2 Å². The fourth-order valence-electron chi connectivity index (χ4n) is 7.63. The number of aliphatic hydroxyl groups is 1. The molecule has 2 fully saturated rings. The van der Waals surface area contributed by atoms with Gasteiger partial charge in [0.15, 0.2) is 0 Å². The molecule has 5 nitrogen and oxygen atoms in total. The van der Waals surface area contributed by atoms with Gasteiger partial charge in [0.05, 0.1) is 11.4 Å². The summed E-state index contributed by atoms with van der Waals surface area (Å²) in [5.41, 5.74) is 3.99. The number of phenols is 2. The van der Waals surface area contributed by atoms with Crippen molar-refractivity contribution in [1.29, 1.82) is 0 Å². The van der Waals surface area contributed by atoms with Crippen LogP contribution < -0.4 is 9.80 Å². The Labute approximate surface area is 275 Å². The maximum absolute atomic E-state index is 12.6. The van der Waals surface area contributed by atoms with Crippen molar-refractivity contribution in [2.45, 2.75) is 82.1 Å². The normalized spacial score (nSPS) is 16.6. The fraction of sp³-hybridized carbons (Fsp3) is 0.415. The molecule has 3 N–H and O–H groups in total. The first-order valence-corrected chi connectivity index (χ1v) is 17.4. The van der Waals surface area contributed by atoms with Crippen LogP contribution in [0.2, 0.25) is 0 Å². The third-order valence-electron chi connectivity index (χ3n) is 10.6. The molecule has 0 aromatic heterocycles. The monoisotopic (exact) mass is 618 g/mol. The molecule has 0 bridgehead atoms. The predicted octanol–water partition coefficient (Wildman–Crippen LogP) is 8.88. The lowest BCUT2D eigenvalue weighted by Crippen LogP contribution is -2.33. The smallest absolute Gasteiger partial charge is 0.138 e. The molecule has 2 saturated heterocycles. The summed E-state index contributed by atoms with van der Waals surface area (Å²) in [4.78, 5) is 4.69. The fourth-order valence-corrected chi connectivity index (χ4v) is 7.63. The number of hydrogen-bond donors (Lipinski definition) is 3. The molecular formula is C41H50N2O3. The van der Waals surface area contributed by atoms with Crippen LogP contribution in [-0.2, 0) is 11.0 Å². The second-order valence-corrected chi connectivity index (χ2v) is 13.6. The standard InChI is InChI=1S/C41H50N2O3/c1-40(34-20-22-38(44)36(30-34)42-26-12-2-3-13-27-42,35-21-23-39(45)37(31-35)43-28-14-4-5-15-29-43)24-25-41(46,32-16-8-6-9-17-32)33-18-10-7-11-19-33/h6-11,16-23,30-31,44-46H,2-5,12-15,24-29H2,1H3. The Morgan fingerprint density at radius 1 is 0.500 bits per heavy atom. The predicted molar refractivity (Wildman–Crippen MR) is 189 cm³/mol. The number of aromatic hydroxyl groups is 2. The van der Waals surface area contributed by atoms with Crippen LogP contribution in [0.1, 0.15) is 93.4 Å². The molecule has 2 aliphatic rings. The number of anilines is 2. The van der Waals surface area contributed by atoms with Gasteiger partial charge in [-0.05, 0) is 85.0 Å². The summed E-state index contributed by atoms with van der Waals surface area (Å²) < 4.78 is 0. The lowest BCUT2D eigenvalue weighted by Gasteiger charge is -2.38. The number of benzene rings is 4. The van der Waals surface area contributed by atoms with Crippen molar-refractivity contribution in [3.8, 4) is 11.5 Å². The molecule has 242 valence electrons. The Morgan fingerprint density at radius 2 is 0.891 bits per heavy atom. The van der Waals surface area contributed by atoms with E-state index in [4.69, 9.17) is 0 Å². The summed E-state index contributed by atoms with van der Waals surface area (Å²) in [6, 6.07) is 32.2. The van der Waals surface area contributed by atoms with Crippen molar-refractivity contribution in [2.75, 3.05) is 36.0 Å². The van der Waals surface area contributed by atoms with Gasteiger partial charge in [-0.2, -0.15) is 0 Å². The third kappa shape index (κ3) is 6.76. The summed E-state index contributed by atoms with van der Waals surface area (Å²) in [5.74, 6) is 0.628. The number of rotatable bonds is 9. The van der Waals surface area contributed by atoms with E-state index in [1.165, 1.54) is 25.7 Å². The molecule has 0 spiro atoms. The Hall–Kier alpha value is -3.96. The van der Waals surface area contributed by atoms with Crippen LogP contribution in [0.15, 0.2) is 97.1 Å². The van der Waals surface area contributed by atoms with Gasteiger partial charge in [0.1, 0.15) is 17.1 Å². The van der Waals surface area contributed by atoms with Crippen molar-refractivity contribution in [3.63, 3.8) is 0 Å². The first-order valence-electron chi connectivity index (χ1n) is 17.4. The summed E-state index contributed by atoms with van der Waals surface area (Å²) in [6.07, 6.45) is 10.5. The Bertz CT molecular complexity index is 1450. The van der Waals surface area contributed by atoms with Gasteiger partial charge >= 0.3 is 0 Å². The van der Waals surface area contributed by atoms with Gasteiger partial charge in [-0.25, -0.2) is 0 Å². The highest BCUT2D eigenvalue weighted by Crippen LogP contribution is 2.46. The number of phenolic OH excluding ortho intramolecular Hbond substituents is 2. The first kappa shape index (κ1) is 32.0. The molecule has 4 aromatic carbocycles. The van der Waals surface area contributed by atoms with E-state index in [0.29, 0.717) is 24.3 Å². The molecule has 6 rings (SSSR count). The minimum atomic E-state index is -1.20. The highest BCUT2D eigenvalue weighted by atomic mass is 16.3. The van der Waals surface area contributed by atoms with E-state index in [0.717, 1.165) is 85.5 Å². The molecule has 2 heterocycles. The van der Waals surface area contributed by atoms with Crippen molar-refractivity contribution in [3.05, 3.63) is 119 Å². The first-order chi connectivity index (χ1) is 22.4. The lowest BCUT2D eigenvalue weighted by atomic mass is 9.69. The Morgan fingerprint density at radius 3 is 1.28 bits per heavy atom. The Balaban J connectivity index is 1.45. The quantitative estimate of drug-likeness (QED) is 0.175. The minimum Gasteiger partial charge on any atom is -0.506 e. The van der Waals surface area contributed by atoms with Crippen molar-refractivity contribution in [1.82, 2.24) is 0 Å². The summed E-state index contributed by atoms with van der Waals surface area (Å²) >= 11 is 0. The summed E-state index contributed by atoms with van der Waals surface area (Å²) in [5, 5.41) is 34.8. The molecule has 0 atom stereocenters. The highest BCUT2D eigenvalue weighted by molar-refractivity contribution is 5.64. The SMILES string of the molecule is CC(CCC(O)(c1ccccc1)c1ccccc1)(c1ccc(O)c(N2CCCCCC2)c1)c1ccc(O)c(N2CCCCCC2)c1. The van der Waals surface area contributed by atoms with Crippen LogP contribution in [0.3, 0.4) is 0 Å². The van der Waals surface area contributed by atoms with Crippen molar-refractivity contribution in [2.24, 2.45) is 0 Å². The van der Waals surface area contributed by atoms with E-state index in [-0.39, 0.29) is 0 Å². The van der Waals surface area contributed by atoms with Crippen molar-refractivity contribution < 1.29 is 15.3 Å². The summed E-state index contributed by atoms with van der Waals surface area (Å²) in [6.45, 7) is 6.02. The molecule has 0 unspecified atom stereocenters. The second kappa shape index (κ2) is 14.2. The van der Waals surface area contributed by atoms with E-state index in [2.05, 4.69) is 41.0 Å². The van der Waals surface area contributed by atoms with Crippen LogP contribution >= 0.6 is 0 Å². The van der Waals surface area contributed by atoms with E-state index in [1.807, 2.05) is 72.8 Å². The van der Waals surface area contributed by atoms with E-state index >= 15 is 0 Å². The number of hydrogen-bond acceptors (Lipinski definition) is 5. The van der Waals surface area contributed by atoms with Gasteiger partial charge in [-0.1, -0.05) is 105 Å². The van der Waals surface area contributed by atoms with Gasteiger partial charge in [0, 0.05) is 31.6 Å². The average Bonchev–Trinajstić information content (AvgIpc) is 3.54. The van der Waals surface area contributed by atoms with Gasteiger partial charge < -0.3 is 25.1 Å². The van der Waals surface area contributed by atoms with Crippen LogP contribution in [0.5, 0.6) is 11.5 Å². The van der Waals surface area contributed by atoms with Crippen molar-refractivity contribution >= 4 is 11.4 Å². The third-order valence-corrected chi connectivity index (χ3v) is 10.6. The van der Waals surface area contributed by atoms with Crippen LogP contribution in [-0.4, -0.2) is 41.5 Å². The van der Waals surface area contributed by atoms with Gasteiger partial charge in [-0.3, -0.25) is 0 Å². The highest BCUT2D eigenvalue weighted by Gasteiger charge is 2.38. The Kier molecular flexibility index (Phi) is 9.89. The van der Waals surface area contributed by atoms with Crippen LogP contribution in [0.4, 0.5) is 11.4 Å². The molecule has 0 saturated carbocycles. The van der Waals surface area contributed by atoms with Gasteiger partial charge in [0.25, 0.3) is 0 Å². The van der Waals surface area contributed by atoms with Crippen LogP contribution in [0.25, 0.3) is 0 Å². The zero-order valence-corrected chi connectivity index (χ0v) is 27.4. The molecule has 2 aliphatic heterocycles. The minimum absolute atomic E-state index is 0.314. The molecule has 0 aliphatic carbocycles. The largest absolute Gasteiger partial charge is 0.506 e. The second-order valence-electron chi connectivity index (χ2n) is 13.6.